The maximum atomic E-state index is 12.6. The van der Waals surface area contributed by atoms with Crippen LogP contribution in [0.4, 0.5) is 4.39 Å². The van der Waals surface area contributed by atoms with Gasteiger partial charge in [0.05, 0.1) is 75.4 Å². The lowest BCUT2D eigenvalue weighted by atomic mass is 9.87. The van der Waals surface area contributed by atoms with E-state index in [0.717, 1.165) is 0 Å². The quantitative estimate of drug-likeness (QED) is 0.0100. The predicted molar refractivity (Wildman–Crippen MR) is 587 cm³/mol. The maximum Gasteiger partial charge on any atom is 0.358 e. The van der Waals surface area contributed by atoms with Crippen LogP contribution in [0.3, 0.4) is 0 Å². The van der Waals surface area contributed by atoms with Gasteiger partial charge in [-0.05, 0) is 349 Å². The minimum atomic E-state index is -4.66. The van der Waals surface area contributed by atoms with Crippen LogP contribution in [0.15, 0.2) is 321 Å². The van der Waals surface area contributed by atoms with Crippen LogP contribution >= 0.6 is 175 Å². The number of benzene rings is 13. The molecule has 0 aromatic heterocycles. The second-order valence-corrected chi connectivity index (χ2v) is 60.6. The normalized spacial score (nSPS) is 11.2. The zero-order valence-electron chi connectivity index (χ0n) is 79.9. The van der Waals surface area contributed by atoms with E-state index in [2.05, 4.69) is 401 Å². The molecule has 0 saturated heterocycles. The van der Waals surface area contributed by atoms with Crippen LogP contribution in [-0.2, 0) is 65.5 Å². The molecule has 146 heavy (non-hydrogen) atoms. The molecule has 1 N–H and O–H groups in total. The van der Waals surface area contributed by atoms with E-state index in [4.69, 9.17) is 18.9 Å². The number of phenols is 1. The van der Waals surface area contributed by atoms with Crippen LogP contribution in [0.25, 0.3) is 0 Å². The first kappa shape index (κ1) is 130. The molecule has 0 aliphatic carbocycles. The van der Waals surface area contributed by atoms with Crippen LogP contribution in [0.1, 0.15) is 155 Å². The van der Waals surface area contributed by atoms with Gasteiger partial charge in [0.1, 0.15) is 39.6 Å². The van der Waals surface area contributed by atoms with Crippen molar-refractivity contribution in [2.24, 2.45) is 0 Å². The Bertz CT molecular complexity index is 6860. The molecule has 13 rings (SSSR count). The summed E-state index contributed by atoms with van der Waals surface area (Å²) in [6.45, 7) is 24.5. The third-order valence-electron chi connectivity index (χ3n) is 19.0. The third-order valence-corrected chi connectivity index (χ3v) is 42.2. The summed E-state index contributed by atoms with van der Waals surface area (Å²) >= 11 is 35.3. The van der Waals surface area contributed by atoms with Crippen LogP contribution in [0.2, 0.25) is 0 Å². The molecule has 41 heteroatoms. The molecule has 21 nitrogen and oxygen atoms in total. The number of halogens is 16. The number of ether oxygens (including phenoxy) is 4. The first-order valence-electron chi connectivity index (χ1n) is 43.3. The molecule has 0 atom stereocenters. The Morgan fingerprint density at radius 2 is 0.651 bits per heavy atom. The topological polar surface area (TPSA) is 354 Å². The van der Waals surface area contributed by atoms with Crippen LogP contribution in [0.5, 0.6) is 11.5 Å². The van der Waals surface area contributed by atoms with Crippen molar-refractivity contribution in [1.29, 1.82) is 0 Å². The number of hydrogen-bond acceptors (Lipinski definition) is 21. The minimum Gasteiger partial charge on any atom is -0.748 e. The molecule has 0 fully saturated rings. The summed E-state index contributed by atoms with van der Waals surface area (Å²) in [5.41, 5.74) is 8.90. The second kappa shape index (κ2) is 62.8. The van der Waals surface area contributed by atoms with Gasteiger partial charge in [0.2, 0.25) is 0 Å². The number of hydrogen-bond donors (Lipinski definition) is 1. The molecule has 780 valence electrons. The Morgan fingerprint density at radius 1 is 0.356 bits per heavy atom. The number of aromatic hydroxyl groups is 1. The largest absolute Gasteiger partial charge is 0.748 e. The smallest absolute Gasteiger partial charge is 0.358 e. The van der Waals surface area contributed by atoms with Gasteiger partial charge in [0.25, 0.3) is 0 Å². The van der Waals surface area contributed by atoms with Gasteiger partial charge in [-0.15, -0.1) is 0 Å². The van der Waals surface area contributed by atoms with Crippen LogP contribution < -0.4 is 89.6 Å². The molecule has 0 bridgehead atoms. The third kappa shape index (κ3) is 48.5. The monoisotopic (exact) mass is 3220 g/mol. The van der Waals surface area contributed by atoms with Crippen molar-refractivity contribution in [3.63, 3.8) is 0 Å². The van der Waals surface area contributed by atoms with Gasteiger partial charge >= 0.3 is 109 Å². The molecule has 0 amide bonds. The van der Waals surface area contributed by atoms with Gasteiger partial charge < -0.3 is 42.3 Å². The number of rotatable bonds is 26. The summed E-state index contributed by atoms with van der Waals surface area (Å²) in [4.78, 5) is 47.3. The lowest BCUT2D eigenvalue weighted by Crippen LogP contribution is -3.62. The Hall–Kier alpha value is -4.69. The molecular formula is C105H98Br11FI4O21S4. The molecule has 13 aromatic carbocycles. The average molecular weight is 3230 g/mol. The highest BCUT2D eigenvalue weighted by Crippen LogP contribution is 2.38. The van der Waals surface area contributed by atoms with Crippen LogP contribution in [-0.4, -0.2) is 118 Å². The first-order chi connectivity index (χ1) is 68.1. The lowest BCUT2D eigenvalue weighted by Gasteiger charge is -2.19. The van der Waals surface area contributed by atoms with E-state index in [0.29, 0.717) is 65.9 Å². The van der Waals surface area contributed by atoms with Gasteiger partial charge in [-0.3, -0.25) is 0 Å². The molecule has 0 saturated carbocycles. The van der Waals surface area contributed by atoms with Gasteiger partial charge in [0, 0.05) is 67.4 Å². The molecule has 0 unspecified atom stereocenters. The van der Waals surface area contributed by atoms with E-state index in [1.54, 1.807) is 53.8 Å². The highest BCUT2D eigenvalue weighted by Gasteiger charge is 2.27. The number of carbonyl (C=O) groups is 4. The van der Waals surface area contributed by atoms with E-state index < -0.39 is 88.2 Å². The van der Waals surface area contributed by atoms with Crippen molar-refractivity contribution in [3.05, 3.63) is 412 Å². The van der Waals surface area contributed by atoms with Gasteiger partial charge in [-0.25, -0.2) is 57.2 Å². The summed E-state index contributed by atoms with van der Waals surface area (Å²) in [5.74, 6) is -5.19. The predicted octanol–water partition coefficient (Wildman–Crippen LogP) is 16.2. The number of aryl methyl sites for hydroxylation is 4. The Kier molecular flexibility index (Phi) is 55.9. The fourth-order valence-electron chi connectivity index (χ4n) is 11.9. The molecule has 0 heterocycles. The van der Waals surface area contributed by atoms with E-state index >= 15 is 0 Å². The molecular weight excluding hydrogens is 3130 g/mol. The number of carbonyl (C=O) groups excluding carboxylic acids is 4. The van der Waals surface area contributed by atoms with Crippen molar-refractivity contribution >= 4 is 240 Å². The summed E-state index contributed by atoms with van der Waals surface area (Å²) in [7, 11) is -17.6. The summed E-state index contributed by atoms with van der Waals surface area (Å²) in [6, 6.07) is 87.8. The first-order valence-corrected chi connectivity index (χ1v) is 66.7. The van der Waals surface area contributed by atoms with Crippen molar-refractivity contribution in [1.82, 2.24) is 0 Å². The summed E-state index contributed by atoms with van der Waals surface area (Å²) in [5, 5.41) is 10.0. The average Bonchev–Trinajstić information content (AvgIpc) is 0.783. The van der Waals surface area contributed by atoms with Crippen molar-refractivity contribution in [3.8, 4) is 11.5 Å². The molecule has 0 aliphatic rings. The molecule has 0 radical (unpaired) electrons. The molecule has 0 spiro atoms. The van der Waals surface area contributed by atoms with E-state index in [1.807, 2.05) is 30.3 Å². The number of phenolic OH excluding ortho intramolecular Hbond substituents is 1. The Morgan fingerprint density at radius 3 is 0.959 bits per heavy atom. The van der Waals surface area contributed by atoms with Crippen molar-refractivity contribution < 1.29 is 184 Å². The molecule has 0 aliphatic heterocycles. The van der Waals surface area contributed by atoms with Gasteiger partial charge in [-0.1, -0.05) is 234 Å². The second-order valence-electron chi connectivity index (χ2n) is 33.3. The number of esters is 4. The standard InChI is InChI=1S/C20H26I.C17H16Br2O6S.C15H16I.C12H9FI.C12H10I.2C10H9Br3O5S.C9H7Br3O5S/c1-19(2,3)15-7-11-17(12-8-15)21-18-13-9-16(10-14-18)20(4,5)6;1-8(2)11-7-14(9(3)4-15(11)26(22,23)24)25-17(21)12-5-10(18)6-13(19)16(12)20;1-11-9-12(2)15(13(3)10-11)16-14-7-5-4-6-8-14;13-10-6-8-12(9-7-10)14-11-4-2-1-3-5-11;1-3-7-11(8-4-1)13-12-9-5-2-6-10-12;2*11-6-4-7(9(13)8(12)5-6)10(14)18-2-1-3-19(15,16)17;10-5-3-6(8(12)7(11)4-5)9(13)17-1-2-18(14,15)16/h7-14H,1-6H3;4-8,20H,1-3H3,(H,22,23,24);4-10H,1-3H3;1-9H;1-10H;2*4-5H,1-3H2,(H,15,16,17);3-4H,1-2H2,(H,14,15,16)/q+1;;3*+1;;;/p-4. The van der Waals surface area contributed by atoms with Gasteiger partial charge in [-0.2, -0.15) is 0 Å². The lowest BCUT2D eigenvalue weighted by molar-refractivity contribution is -0.598. The van der Waals surface area contributed by atoms with E-state index in [-0.39, 0.29) is 167 Å². The SMILES string of the molecule is CC(C)(C)c1ccc([I+]c2ccc(C(C)(C)C)cc2)cc1.Cc1cc(C)c([I+]c2ccccc2)c(C)c1.Cc1cc(S(=O)(=O)[O-])c(C(C)C)cc1OC(=O)c1cc(Br)cc(Br)c1O.Fc1ccc([I+]c2ccccc2)cc1.O=C(OCCCS(=O)(=O)[O-])c1cc(Br)cc(Br)c1Br.O=C(OCCCS(=O)(=O)[O-])c1cc(Br)cc(Br)c1Br.O=C(OCCS(=O)(=O)[O-])c1cc(Br)cc(Br)c1Br.c1ccc([I+]c2ccccc2)cc1. The van der Waals surface area contributed by atoms with Crippen LogP contribution in [0, 0.1) is 62.1 Å². The van der Waals surface area contributed by atoms with E-state index in [9.17, 15) is 80.6 Å². The summed E-state index contributed by atoms with van der Waals surface area (Å²) in [6.07, 6.45) is -0.0469. The maximum absolute atomic E-state index is 12.6. The van der Waals surface area contributed by atoms with Gasteiger partial charge in [0.15, 0.2) is 28.6 Å². The van der Waals surface area contributed by atoms with E-state index in [1.165, 1.54) is 96.1 Å². The Balaban J connectivity index is 0.000000257. The zero-order chi connectivity index (χ0) is 109. The highest BCUT2D eigenvalue weighted by molar-refractivity contribution is 9.14. The highest BCUT2D eigenvalue weighted by atomic mass is 127. The van der Waals surface area contributed by atoms with Crippen molar-refractivity contribution in [2.75, 3.05) is 37.1 Å². The summed E-state index contributed by atoms with van der Waals surface area (Å²) < 4.78 is 178. The Labute approximate surface area is 988 Å². The molecule has 13 aromatic rings. The minimum absolute atomic E-state index is 0.0234. The van der Waals surface area contributed by atoms with Crippen molar-refractivity contribution in [2.45, 2.75) is 118 Å². The zero-order valence-corrected chi connectivity index (χ0v) is 109. The fourth-order valence-corrected chi connectivity index (χ4v) is 29.4. The fraction of sp³-hybridized carbons (Fsp3) is 0.219.